The van der Waals surface area contributed by atoms with Crippen molar-refractivity contribution in [2.24, 2.45) is 0 Å². The Kier molecular flexibility index (Phi) is 6.27. The number of carbonyl (C=O) groups excluding carboxylic acids is 1. The van der Waals surface area contributed by atoms with E-state index in [1.54, 1.807) is 18.2 Å². The molecule has 0 saturated heterocycles. The molecule has 5 rings (SSSR count). The summed E-state index contributed by atoms with van der Waals surface area (Å²) in [4.78, 5) is 19.4. The van der Waals surface area contributed by atoms with Crippen molar-refractivity contribution >= 4 is 21.6 Å². The Morgan fingerprint density at radius 3 is 2.68 bits per heavy atom. The average molecular weight is 479 g/mol. The van der Waals surface area contributed by atoms with Crippen molar-refractivity contribution in [2.45, 2.75) is 49.5 Å². The molecule has 2 aromatic rings. The number of allylic oxidation sites excluding steroid dienone is 2. The summed E-state index contributed by atoms with van der Waals surface area (Å²) in [5.74, 6) is 0. The quantitative estimate of drug-likeness (QED) is 0.682. The fourth-order valence-electron chi connectivity index (χ4n) is 5.05. The summed E-state index contributed by atoms with van der Waals surface area (Å²) in [6.07, 6.45) is 12.3. The molecule has 0 radical (unpaired) electrons. The number of amides is 2. The molecule has 3 aliphatic rings. The van der Waals surface area contributed by atoms with Gasteiger partial charge in [-0.2, -0.15) is 0 Å². The maximum absolute atomic E-state index is 12.6. The van der Waals surface area contributed by atoms with E-state index in [0.29, 0.717) is 19.1 Å². The number of sulfonamides is 1. The Balaban J connectivity index is 1.34. The van der Waals surface area contributed by atoms with Crippen molar-refractivity contribution in [3.63, 3.8) is 0 Å². The first kappa shape index (κ1) is 22.8. The molecule has 0 spiro atoms. The zero-order valence-electron chi connectivity index (χ0n) is 19.4. The van der Waals surface area contributed by atoms with Gasteiger partial charge in [-0.1, -0.05) is 37.1 Å². The Labute approximate surface area is 201 Å². The van der Waals surface area contributed by atoms with Crippen LogP contribution in [0.4, 0.5) is 4.79 Å². The molecule has 178 valence electrons. The minimum atomic E-state index is -3.52. The van der Waals surface area contributed by atoms with E-state index >= 15 is 0 Å². The van der Waals surface area contributed by atoms with Crippen molar-refractivity contribution < 1.29 is 13.2 Å². The summed E-state index contributed by atoms with van der Waals surface area (Å²) in [7, 11) is -2.11. The van der Waals surface area contributed by atoms with E-state index in [9.17, 15) is 13.2 Å². The van der Waals surface area contributed by atoms with E-state index in [4.69, 9.17) is 0 Å². The van der Waals surface area contributed by atoms with E-state index in [0.717, 1.165) is 48.1 Å². The lowest BCUT2D eigenvalue weighted by Gasteiger charge is -2.28. The number of carbonyl (C=O) groups is 1. The summed E-state index contributed by atoms with van der Waals surface area (Å²) in [5.41, 5.74) is 6.24. The molecular formula is C26H30N4O3S. The lowest BCUT2D eigenvalue weighted by Crippen LogP contribution is -2.45. The number of aromatic nitrogens is 1. The van der Waals surface area contributed by atoms with E-state index < -0.39 is 10.0 Å². The molecule has 7 nitrogen and oxygen atoms in total. The molecule has 1 aromatic heterocycles. The van der Waals surface area contributed by atoms with Crippen LogP contribution in [0, 0.1) is 0 Å². The van der Waals surface area contributed by atoms with Gasteiger partial charge in [-0.25, -0.2) is 17.9 Å². The first-order chi connectivity index (χ1) is 16.4. The van der Waals surface area contributed by atoms with Gasteiger partial charge in [-0.05, 0) is 61.2 Å². The number of rotatable bonds is 5. The molecule has 1 aliphatic heterocycles. The number of nitrogens with zero attached hydrogens (tertiary/aromatic N) is 2. The SMILES string of the molecule is CNS(=O)(=O)c1cccc(-c2cnc3c(c2)C(C2=CCN(C(=O)NC4CCCC4)CC2)=CC3)c1. The van der Waals surface area contributed by atoms with Crippen LogP contribution in [0.5, 0.6) is 0 Å². The predicted octanol–water partition coefficient (Wildman–Crippen LogP) is 3.88. The second-order valence-electron chi connectivity index (χ2n) is 9.13. The van der Waals surface area contributed by atoms with Crippen LogP contribution >= 0.6 is 0 Å². The molecule has 34 heavy (non-hydrogen) atoms. The summed E-state index contributed by atoms with van der Waals surface area (Å²) in [5, 5.41) is 3.18. The molecule has 2 heterocycles. The number of hydrogen-bond donors (Lipinski definition) is 2. The van der Waals surface area contributed by atoms with Gasteiger partial charge in [0, 0.05) is 42.9 Å². The molecule has 2 amide bonds. The number of urea groups is 1. The molecule has 0 bridgehead atoms. The average Bonchev–Trinajstić information content (AvgIpc) is 3.53. The van der Waals surface area contributed by atoms with Crippen molar-refractivity contribution in [3.8, 4) is 11.1 Å². The Morgan fingerprint density at radius 2 is 1.94 bits per heavy atom. The lowest BCUT2D eigenvalue weighted by atomic mass is 9.94. The topological polar surface area (TPSA) is 91.4 Å². The number of benzene rings is 1. The standard InChI is InChI=1S/C26H30N4O3S/c1-27-34(32,33)22-8-4-5-19(15-22)20-16-24-23(9-10-25(24)28-17-20)18-11-13-30(14-12-18)26(31)29-21-6-2-3-7-21/h4-5,8-9,11,15-17,21,27H,2-3,6-7,10,12-14H2,1H3,(H,29,31). The molecule has 1 aromatic carbocycles. The monoisotopic (exact) mass is 478 g/mol. The van der Waals surface area contributed by atoms with Crippen LogP contribution in [-0.4, -0.2) is 50.5 Å². The van der Waals surface area contributed by atoms with Gasteiger partial charge in [0.2, 0.25) is 10.0 Å². The number of pyridine rings is 1. The maximum Gasteiger partial charge on any atom is 0.317 e. The highest BCUT2D eigenvalue weighted by Gasteiger charge is 2.25. The molecule has 8 heteroatoms. The largest absolute Gasteiger partial charge is 0.335 e. The first-order valence-corrected chi connectivity index (χ1v) is 13.4. The van der Waals surface area contributed by atoms with Gasteiger partial charge in [0.1, 0.15) is 0 Å². The highest BCUT2D eigenvalue weighted by molar-refractivity contribution is 7.89. The predicted molar refractivity (Wildman–Crippen MR) is 133 cm³/mol. The highest BCUT2D eigenvalue weighted by Crippen LogP contribution is 2.37. The summed E-state index contributed by atoms with van der Waals surface area (Å²) < 4.78 is 26.8. The van der Waals surface area contributed by atoms with Gasteiger partial charge < -0.3 is 10.2 Å². The Morgan fingerprint density at radius 1 is 1.12 bits per heavy atom. The third-order valence-corrected chi connectivity index (χ3v) is 8.44. The third-order valence-electron chi connectivity index (χ3n) is 7.03. The molecule has 2 N–H and O–H groups in total. The fourth-order valence-corrected chi connectivity index (χ4v) is 5.83. The van der Waals surface area contributed by atoms with Crippen LogP contribution in [0.1, 0.15) is 43.4 Å². The zero-order chi connectivity index (χ0) is 23.7. The molecule has 1 fully saturated rings. The molecule has 0 atom stereocenters. The number of hydrogen-bond acceptors (Lipinski definition) is 4. The van der Waals surface area contributed by atoms with Gasteiger partial charge >= 0.3 is 6.03 Å². The van der Waals surface area contributed by atoms with Gasteiger partial charge in [-0.15, -0.1) is 0 Å². The third kappa shape index (κ3) is 4.52. The van der Waals surface area contributed by atoms with Gasteiger partial charge in [0.15, 0.2) is 0 Å². The molecule has 2 aliphatic carbocycles. The number of fused-ring (bicyclic) bond motifs is 1. The Hall–Kier alpha value is -2.97. The zero-order valence-corrected chi connectivity index (χ0v) is 20.2. The maximum atomic E-state index is 12.6. The van der Waals surface area contributed by atoms with Gasteiger partial charge in [0.25, 0.3) is 0 Å². The van der Waals surface area contributed by atoms with Crippen LogP contribution in [0.3, 0.4) is 0 Å². The van der Waals surface area contributed by atoms with E-state index in [1.165, 1.54) is 31.0 Å². The smallest absolute Gasteiger partial charge is 0.317 e. The summed E-state index contributed by atoms with van der Waals surface area (Å²) in [6, 6.07) is 9.38. The summed E-state index contributed by atoms with van der Waals surface area (Å²) in [6.45, 7) is 1.31. The van der Waals surface area contributed by atoms with E-state index in [2.05, 4.69) is 33.2 Å². The van der Waals surface area contributed by atoms with Crippen LogP contribution in [0.2, 0.25) is 0 Å². The van der Waals surface area contributed by atoms with Crippen LogP contribution in [0.15, 0.2) is 59.1 Å². The van der Waals surface area contributed by atoms with Crippen LogP contribution < -0.4 is 10.0 Å². The minimum Gasteiger partial charge on any atom is -0.335 e. The van der Waals surface area contributed by atoms with E-state index in [1.807, 2.05) is 17.2 Å². The highest BCUT2D eigenvalue weighted by atomic mass is 32.2. The fraction of sp³-hybridized carbons (Fsp3) is 0.385. The van der Waals surface area contributed by atoms with Crippen molar-refractivity contribution in [2.75, 3.05) is 20.1 Å². The molecule has 1 saturated carbocycles. The lowest BCUT2D eigenvalue weighted by molar-refractivity contribution is 0.198. The summed E-state index contributed by atoms with van der Waals surface area (Å²) >= 11 is 0. The van der Waals surface area contributed by atoms with Gasteiger partial charge in [0.05, 0.1) is 10.6 Å². The van der Waals surface area contributed by atoms with Crippen LogP contribution in [-0.2, 0) is 16.4 Å². The van der Waals surface area contributed by atoms with E-state index in [-0.39, 0.29) is 10.9 Å². The Bertz CT molecular complexity index is 1280. The van der Waals surface area contributed by atoms with Crippen molar-refractivity contribution in [1.82, 2.24) is 19.9 Å². The minimum absolute atomic E-state index is 0.0448. The second-order valence-corrected chi connectivity index (χ2v) is 11.0. The molecule has 0 unspecified atom stereocenters. The van der Waals surface area contributed by atoms with Crippen molar-refractivity contribution in [1.29, 1.82) is 0 Å². The van der Waals surface area contributed by atoms with Crippen LogP contribution in [0.25, 0.3) is 16.7 Å². The molecular weight excluding hydrogens is 448 g/mol. The van der Waals surface area contributed by atoms with Gasteiger partial charge in [-0.3, -0.25) is 4.98 Å². The number of nitrogens with one attached hydrogen (secondary N) is 2. The first-order valence-electron chi connectivity index (χ1n) is 11.9. The second kappa shape index (κ2) is 9.35. The normalized spacial score (nSPS) is 18.4. The van der Waals surface area contributed by atoms with Crippen molar-refractivity contribution in [3.05, 3.63) is 65.5 Å².